The molecule has 5 heteroatoms. The lowest BCUT2D eigenvalue weighted by molar-refractivity contribution is -0.119. The average molecular weight is 359 g/mol. The maximum atomic E-state index is 12.4. The molecule has 0 heterocycles. The quantitative estimate of drug-likeness (QED) is 0.640. The standard InChI is InChI=1S/C20H30N2O2Si/c1-14-11-15(2)13-16(12-14)19(24)22-17(18(21)23)9-8-10-25(6,7)20(3,4)5/h11-13,17H,9H2,1-7H3,(H2,21,23)(H,22,24)/t17-/m1/s1. The number of rotatable bonds is 4. The molecule has 1 aromatic carbocycles. The van der Waals surface area contributed by atoms with Crippen LogP contribution in [0.4, 0.5) is 0 Å². The van der Waals surface area contributed by atoms with E-state index < -0.39 is 20.0 Å². The molecule has 0 saturated heterocycles. The molecule has 0 aliphatic carbocycles. The molecule has 0 aromatic heterocycles. The van der Waals surface area contributed by atoms with Crippen molar-refractivity contribution in [3.05, 3.63) is 34.9 Å². The Morgan fingerprint density at radius 2 is 1.68 bits per heavy atom. The van der Waals surface area contributed by atoms with Gasteiger partial charge < -0.3 is 11.1 Å². The van der Waals surface area contributed by atoms with E-state index in [4.69, 9.17) is 5.73 Å². The second kappa shape index (κ2) is 7.88. The molecule has 0 radical (unpaired) electrons. The average Bonchev–Trinajstić information content (AvgIpc) is 2.43. The molecule has 2 amide bonds. The van der Waals surface area contributed by atoms with Crippen LogP contribution in [0.15, 0.2) is 18.2 Å². The van der Waals surface area contributed by atoms with Crippen LogP contribution in [-0.2, 0) is 4.79 Å². The van der Waals surface area contributed by atoms with E-state index in [-0.39, 0.29) is 17.4 Å². The second-order valence-corrected chi connectivity index (χ2v) is 13.2. The highest BCUT2D eigenvalue weighted by molar-refractivity contribution is 6.87. The van der Waals surface area contributed by atoms with E-state index in [0.29, 0.717) is 5.56 Å². The third kappa shape index (κ3) is 6.06. The summed E-state index contributed by atoms with van der Waals surface area (Å²) in [6.07, 6.45) is 0.235. The SMILES string of the molecule is Cc1cc(C)cc(C(=O)N[C@H](CC#C[Si](C)(C)C(C)(C)C)C(N)=O)c1. The van der Waals surface area contributed by atoms with Crippen molar-refractivity contribution in [3.63, 3.8) is 0 Å². The molecule has 25 heavy (non-hydrogen) atoms. The number of nitrogens with one attached hydrogen (secondary N) is 1. The Labute approximate surface area is 152 Å². The lowest BCUT2D eigenvalue weighted by atomic mass is 10.1. The van der Waals surface area contributed by atoms with Crippen LogP contribution < -0.4 is 11.1 Å². The zero-order valence-corrected chi connectivity index (χ0v) is 17.4. The molecule has 0 unspecified atom stereocenters. The van der Waals surface area contributed by atoms with Gasteiger partial charge in [-0.3, -0.25) is 9.59 Å². The van der Waals surface area contributed by atoms with E-state index >= 15 is 0 Å². The van der Waals surface area contributed by atoms with Crippen LogP contribution in [0, 0.1) is 25.3 Å². The maximum Gasteiger partial charge on any atom is 0.251 e. The Balaban J connectivity index is 2.89. The molecular formula is C20H30N2O2Si. The number of carbonyl (C=O) groups is 2. The minimum Gasteiger partial charge on any atom is -0.368 e. The van der Waals surface area contributed by atoms with Crippen molar-refractivity contribution in [2.75, 3.05) is 0 Å². The van der Waals surface area contributed by atoms with Crippen LogP contribution in [-0.4, -0.2) is 25.9 Å². The monoisotopic (exact) mass is 358 g/mol. The van der Waals surface area contributed by atoms with Crippen LogP contribution in [0.25, 0.3) is 0 Å². The minimum atomic E-state index is -1.75. The second-order valence-electron chi connectivity index (χ2n) is 8.19. The van der Waals surface area contributed by atoms with Crippen molar-refractivity contribution in [1.82, 2.24) is 5.32 Å². The molecule has 1 rings (SSSR count). The Morgan fingerprint density at radius 3 is 2.12 bits per heavy atom. The predicted octanol–water partition coefficient (Wildman–Crippen LogP) is 3.33. The molecule has 0 bridgehead atoms. The molecule has 0 aliphatic rings. The van der Waals surface area contributed by atoms with Gasteiger partial charge in [-0.2, -0.15) is 0 Å². The van der Waals surface area contributed by atoms with Gasteiger partial charge in [0.05, 0.1) is 0 Å². The van der Waals surface area contributed by atoms with Crippen molar-refractivity contribution >= 4 is 19.9 Å². The van der Waals surface area contributed by atoms with Gasteiger partial charge >= 0.3 is 0 Å². The Hall–Kier alpha value is -2.06. The smallest absolute Gasteiger partial charge is 0.251 e. The predicted molar refractivity (Wildman–Crippen MR) is 106 cm³/mol. The number of benzene rings is 1. The molecule has 4 nitrogen and oxygen atoms in total. The number of aryl methyl sites for hydroxylation is 2. The van der Waals surface area contributed by atoms with E-state index in [1.165, 1.54) is 0 Å². The highest BCUT2D eigenvalue weighted by atomic mass is 28.3. The summed E-state index contributed by atoms with van der Waals surface area (Å²) < 4.78 is 0. The van der Waals surface area contributed by atoms with Gasteiger partial charge in [0.15, 0.2) is 0 Å². The van der Waals surface area contributed by atoms with Gasteiger partial charge in [0.2, 0.25) is 5.91 Å². The maximum absolute atomic E-state index is 12.4. The van der Waals surface area contributed by atoms with Crippen LogP contribution in [0.1, 0.15) is 48.7 Å². The number of hydrogen-bond acceptors (Lipinski definition) is 2. The van der Waals surface area contributed by atoms with Crippen LogP contribution in [0.5, 0.6) is 0 Å². The van der Waals surface area contributed by atoms with Crippen molar-refractivity contribution in [1.29, 1.82) is 0 Å². The minimum absolute atomic E-state index is 0.143. The molecule has 0 saturated carbocycles. The first kappa shape index (κ1) is 21.0. The fraction of sp³-hybridized carbons (Fsp3) is 0.500. The van der Waals surface area contributed by atoms with Gasteiger partial charge in [-0.05, 0) is 31.0 Å². The zero-order valence-electron chi connectivity index (χ0n) is 16.4. The first-order valence-electron chi connectivity index (χ1n) is 8.52. The molecule has 1 atom stereocenters. The first-order chi connectivity index (χ1) is 11.3. The summed E-state index contributed by atoms with van der Waals surface area (Å²) >= 11 is 0. The molecule has 0 fully saturated rings. The van der Waals surface area contributed by atoms with Gasteiger partial charge in [-0.15, -0.1) is 11.5 Å². The third-order valence-electron chi connectivity index (χ3n) is 4.71. The number of amides is 2. The number of primary amides is 1. The lowest BCUT2D eigenvalue weighted by Gasteiger charge is -2.31. The summed E-state index contributed by atoms with van der Waals surface area (Å²) in [7, 11) is -1.75. The summed E-state index contributed by atoms with van der Waals surface area (Å²) in [5.74, 6) is 2.22. The van der Waals surface area contributed by atoms with E-state index in [0.717, 1.165) is 11.1 Å². The fourth-order valence-electron chi connectivity index (χ4n) is 2.13. The third-order valence-corrected chi connectivity index (χ3v) is 9.27. The van der Waals surface area contributed by atoms with Gasteiger partial charge in [0.1, 0.15) is 14.1 Å². The summed E-state index contributed by atoms with van der Waals surface area (Å²) in [6.45, 7) is 14.8. The molecule has 1 aromatic rings. The molecule has 0 aliphatic heterocycles. The van der Waals surface area contributed by atoms with Gasteiger partial charge in [-0.1, -0.05) is 51.1 Å². The highest BCUT2D eigenvalue weighted by Gasteiger charge is 2.33. The normalized spacial score (nSPS) is 12.8. The Bertz CT molecular complexity index is 701. The summed E-state index contributed by atoms with van der Waals surface area (Å²) in [6, 6.07) is 4.79. The van der Waals surface area contributed by atoms with Crippen LogP contribution in [0.3, 0.4) is 0 Å². The number of nitrogens with two attached hydrogens (primary N) is 1. The lowest BCUT2D eigenvalue weighted by Crippen LogP contribution is -2.44. The topological polar surface area (TPSA) is 72.2 Å². The highest BCUT2D eigenvalue weighted by Crippen LogP contribution is 2.35. The van der Waals surface area contributed by atoms with Crippen molar-refractivity contribution in [3.8, 4) is 11.5 Å². The van der Waals surface area contributed by atoms with E-state index in [1.807, 2.05) is 19.9 Å². The fourth-order valence-corrected chi connectivity index (χ4v) is 3.05. The number of carbonyl (C=O) groups excluding carboxylic acids is 2. The molecule has 3 N–H and O–H groups in total. The summed E-state index contributed by atoms with van der Waals surface area (Å²) in [5.41, 5.74) is 11.3. The Morgan fingerprint density at radius 1 is 1.16 bits per heavy atom. The van der Waals surface area contributed by atoms with E-state index in [9.17, 15) is 9.59 Å². The number of hydrogen-bond donors (Lipinski definition) is 2. The van der Waals surface area contributed by atoms with Gasteiger partial charge in [0, 0.05) is 12.0 Å². The first-order valence-corrected chi connectivity index (χ1v) is 11.5. The van der Waals surface area contributed by atoms with Crippen molar-refractivity contribution < 1.29 is 9.59 Å². The Kier molecular flexibility index (Phi) is 6.61. The van der Waals surface area contributed by atoms with Crippen LogP contribution in [0.2, 0.25) is 18.1 Å². The summed E-state index contributed by atoms with van der Waals surface area (Å²) in [4.78, 5) is 24.1. The van der Waals surface area contributed by atoms with Gasteiger partial charge in [0.25, 0.3) is 5.91 Å². The zero-order chi connectivity index (χ0) is 19.4. The largest absolute Gasteiger partial charge is 0.368 e. The van der Waals surface area contributed by atoms with Crippen molar-refractivity contribution in [2.45, 2.75) is 65.2 Å². The van der Waals surface area contributed by atoms with Crippen molar-refractivity contribution in [2.24, 2.45) is 5.73 Å². The van der Waals surface area contributed by atoms with E-state index in [1.54, 1.807) is 12.1 Å². The summed E-state index contributed by atoms with van der Waals surface area (Å²) in [5, 5.41) is 2.86. The molecule has 136 valence electrons. The van der Waals surface area contributed by atoms with Crippen LogP contribution >= 0.6 is 0 Å². The molecule has 0 spiro atoms. The van der Waals surface area contributed by atoms with Gasteiger partial charge in [-0.25, -0.2) is 0 Å². The molecular weight excluding hydrogens is 328 g/mol. The van der Waals surface area contributed by atoms with E-state index in [2.05, 4.69) is 50.6 Å².